The molecular weight excluding hydrogens is 316 g/mol. The Kier molecular flexibility index (Phi) is 5.68. The number of nitrogens with two attached hydrogens (primary N) is 1. The number of benzene rings is 1. The number of nitriles is 1. The van der Waals surface area contributed by atoms with Crippen LogP contribution in [0.25, 0.3) is 0 Å². The minimum absolute atomic E-state index is 0.0731. The Hall–Kier alpha value is -1.67. The maximum atomic E-state index is 12.0. The number of rotatable bonds is 7. The van der Waals surface area contributed by atoms with Crippen molar-refractivity contribution in [2.75, 3.05) is 24.6 Å². The van der Waals surface area contributed by atoms with Gasteiger partial charge in [0.05, 0.1) is 23.1 Å². The molecule has 0 unspecified atom stereocenters. The van der Waals surface area contributed by atoms with Crippen molar-refractivity contribution in [3.8, 4) is 6.07 Å². The van der Waals surface area contributed by atoms with Gasteiger partial charge in [0.2, 0.25) is 20.0 Å². The van der Waals surface area contributed by atoms with Gasteiger partial charge in [0.25, 0.3) is 0 Å². The van der Waals surface area contributed by atoms with Gasteiger partial charge in [0.15, 0.2) is 0 Å². The molecule has 1 aromatic carbocycles. The number of sulfonamides is 2. The summed E-state index contributed by atoms with van der Waals surface area (Å²) in [6.07, 6.45) is 0. The van der Waals surface area contributed by atoms with Crippen molar-refractivity contribution in [3.63, 3.8) is 0 Å². The fourth-order valence-corrected chi connectivity index (χ4v) is 3.77. The first-order valence-electron chi connectivity index (χ1n) is 5.98. The Morgan fingerprint density at radius 3 is 2.43 bits per heavy atom. The van der Waals surface area contributed by atoms with Gasteiger partial charge in [-0.2, -0.15) is 5.26 Å². The minimum Gasteiger partial charge on any atom is -0.398 e. The second-order valence-corrected chi connectivity index (χ2v) is 7.74. The zero-order chi connectivity index (χ0) is 16.1. The summed E-state index contributed by atoms with van der Waals surface area (Å²) in [6, 6.07) is 5.60. The van der Waals surface area contributed by atoms with Crippen molar-refractivity contribution in [2.24, 2.45) is 0 Å². The second kappa shape index (κ2) is 6.86. The highest BCUT2D eigenvalue weighted by atomic mass is 32.2. The van der Waals surface area contributed by atoms with E-state index in [1.54, 1.807) is 6.92 Å². The summed E-state index contributed by atoms with van der Waals surface area (Å²) in [7, 11) is -7.44. The molecule has 21 heavy (non-hydrogen) atoms. The van der Waals surface area contributed by atoms with Crippen LogP contribution in [0.1, 0.15) is 12.5 Å². The number of hydrogen-bond donors (Lipinski definition) is 3. The van der Waals surface area contributed by atoms with Crippen LogP contribution in [0.2, 0.25) is 0 Å². The van der Waals surface area contributed by atoms with E-state index >= 15 is 0 Å². The Balaban J connectivity index is 2.82. The van der Waals surface area contributed by atoms with Gasteiger partial charge in [0.1, 0.15) is 4.90 Å². The van der Waals surface area contributed by atoms with E-state index in [0.717, 1.165) is 0 Å². The van der Waals surface area contributed by atoms with Crippen molar-refractivity contribution in [1.82, 2.24) is 9.44 Å². The van der Waals surface area contributed by atoms with E-state index in [1.165, 1.54) is 18.2 Å². The number of nitrogens with zero attached hydrogens (tertiary/aromatic N) is 1. The molecule has 0 amide bonds. The Labute approximate surface area is 124 Å². The van der Waals surface area contributed by atoms with Crippen molar-refractivity contribution >= 4 is 25.7 Å². The summed E-state index contributed by atoms with van der Waals surface area (Å²) < 4.78 is 51.2. The van der Waals surface area contributed by atoms with Gasteiger partial charge in [-0.25, -0.2) is 26.3 Å². The molecule has 8 nitrogen and oxygen atoms in total. The van der Waals surface area contributed by atoms with E-state index in [9.17, 15) is 16.8 Å². The molecule has 0 aliphatic carbocycles. The van der Waals surface area contributed by atoms with Crippen molar-refractivity contribution < 1.29 is 16.8 Å². The van der Waals surface area contributed by atoms with Crippen molar-refractivity contribution in [3.05, 3.63) is 23.8 Å². The maximum Gasteiger partial charge on any atom is 0.242 e. The molecule has 0 heterocycles. The summed E-state index contributed by atoms with van der Waals surface area (Å²) in [5, 5.41) is 8.69. The molecule has 1 aromatic rings. The molecule has 10 heteroatoms. The van der Waals surface area contributed by atoms with Crippen LogP contribution < -0.4 is 15.2 Å². The molecule has 0 saturated heterocycles. The predicted octanol–water partition coefficient (Wildman–Crippen LogP) is -0.642. The lowest BCUT2D eigenvalue weighted by atomic mass is 10.2. The highest BCUT2D eigenvalue weighted by molar-refractivity contribution is 7.90. The highest BCUT2D eigenvalue weighted by Gasteiger charge is 2.18. The standard InChI is InChI=1S/C11H16N4O4S2/c1-2-14-20(16,17)6-5-15-21(18,19)11-4-3-9(8-12)7-10(11)13/h3-4,7,14-15H,2,5-6,13H2,1H3. The van der Waals surface area contributed by atoms with Crippen LogP contribution in [0.4, 0.5) is 5.69 Å². The highest BCUT2D eigenvalue weighted by Crippen LogP contribution is 2.19. The molecular formula is C11H16N4O4S2. The number of nitrogens with one attached hydrogen (secondary N) is 2. The number of anilines is 1. The molecule has 4 N–H and O–H groups in total. The first kappa shape index (κ1) is 17.4. The van der Waals surface area contributed by atoms with E-state index in [1.807, 2.05) is 6.07 Å². The molecule has 1 rings (SSSR count). The van der Waals surface area contributed by atoms with E-state index < -0.39 is 20.0 Å². The van der Waals surface area contributed by atoms with Crippen LogP contribution in [-0.2, 0) is 20.0 Å². The smallest absolute Gasteiger partial charge is 0.242 e. The van der Waals surface area contributed by atoms with Crippen LogP contribution >= 0.6 is 0 Å². The van der Waals surface area contributed by atoms with Crippen LogP contribution in [0.5, 0.6) is 0 Å². The summed E-state index contributed by atoms with van der Waals surface area (Å²) in [5.74, 6) is -0.379. The molecule has 116 valence electrons. The summed E-state index contributed by atoms with van der Waals surface area (Å²) >= 11 is 0. The summed E-state index contributed by atoms with van der Waals surface area (Å²) in [5.41, 5.74) is 5.75. The monoisotopic (exact) mass is 332 g/mol. The minimum atomic E-state index is -3.93. The Morgan fingerprint density at radius 1 is 1.24 bits per heavy atom. The third-order valence-corrected chi connectivity index (χ3v) is 5.46. The van der Waals surface area contributed by atoms with E-state index in [0.29, 0.717) is 0 Å². The van der Waals surface area contributed by atoms with Crippen molar-refractivity contribution in [2.45, 2.75) is 11.8 Å². The van der Waals surface area contributed by atoms with Crippen LogP contribution in [0.15, 0.2) is 23.1 Å². The molecule has 0 aromatic heterocycles. The van der Waals surface area contributed by atoms with Crippen LogP contribution in [0.3, 0.4) is 0 Å². The fraction of sp³-hybridized carbons (Fsp3) is 0.364. The molecule has 0 radical (unpaired) electrons. The number of nitrogen functional groups attached to an aromatic ring is 1. The first-order valence-corrected chi connectivity index (χ1v) is 9.12. The van der Waals surface area contributed by atoms with Crippen molar-refractivity contribution in [1.29, 1.82) is 5.26 Å². The lowest BCUT2D eigenvalue weighted by Crippen LogP contribution is -2.34. The summed E-state index contributed by atoms with van der Waals surface area (Å²) in [4.78, 5) is -0.192. The average Bonchev–Trinajstić information content (AvgIpc) is 2.37. The zero-order valence-electron chi connectivity index (χ0n) is 11.3. The SMILES string of the molecule is CCNS(=O)(=O)CCNS(=O)(=O)c1ccc(C#N)cc1N. The molecule has 0 atom stereocenters. The molecule has 0 fully saturated rings. The van der Waals surface area contributed by atoms with E-state index in [2.05, 4.69) is 9.44 Å². The summed E-state index contributed by atoms with van der Waals surface area (Å²) in [6.45, 7) is 1.58. The Bertz CT molecular complexity index is 751. The second-order valence-electron chi connectivity index (χ2n) is 4.08. The molecule has 0 aliphatic heterocycles. The Morgan fingerprint density at radius 2 is 1.90 bits per heavy atom. The van der Waals surface area contributed by atoms with Gasteiger partial charge in [-0.3, -0.25) is 0 Å². The van der Waals surface area contributed by atoms with Gasteiger partial charge in [-0.15, -0.1) is 0 Å². The lowest BCUT2D eigenvalue weighted by Gasteiger charge is -2.09. The van der Waals surface area contributed by atoms with Crippen LogP contribution in [-0.4, -0.2) is 35.7 Å². The third-order valence-electron chi connectivity index (χ3n) is 2.46. The third kappa shape index (κ3) is 4.98. The van der Waals surface area contributed by atoms with Gasteiger partial charge in [0, 0.05) is 13.1 Å². The topological polar surface area (TPSA) is 142 Å². The van der Waals surface area contributed by atoms with E-state index in [-0.39, 0.29) is 35.0 Å². The molecule has 0 saturated carbocycles. The van der Waals surface area contributed by atoms with Gasteiger partial charge in [-0.1, -0.05) is 6.92 Å². The quantitative estimate of drug-likeness (QED) is 0.567. The first-order chi connectivity index (χ1) is 9.72. The lowest BCUT2D eigenvalue weighted by molar-refractivity contribution is 0.577. The van der Waals surface area contributed by atoms with Gasteiger partial charge < -0.3 is 5.73 Å². The molecule has 0 bridgehead atoms. The zero-order valence-corrected chi connectivity index (χ0v) is 13.0. The van der Waals surface area contributed by atoms with E-state index in [4.69, 9.17) is 11.0 Å². The predicted molar refractivity (Wildman–Crippen MR) is 78.2 cm³/mol. The number of hydrogen-bond acceptors (Lipinski definition) is 6. The normalized spacial score (nSPS) is 12.0. The van der Waals surface area contributed by atoms with Gasteiger partial charge >= 0.3 is 0 Å². The average molecular weight is 332 g/mol. The maximum absolute atomic E-state index is 12.0. The molecule has 0 spiro atoms. The largest absolute Gasteiger partial charge is 0.398 e. The molecule has 0 aliphatic rings. The van der Waals surface area contributed by atoms with Crippen LogP contribution in [0, 0.1) is 11.3 Å². The van der Waals surface area contributed by atoms with Gasteiger partial charge in [-0.05, 0) is 18.2 Å². The fourth-order valence-electron chi connectivity index (χ4n) is 1.54.